The van der Waals surface area contributed by atoms with Crippen LogP contribution in [0.4, 0.5) is 13.2 Å². The lowest BCUT2D eigenvalue weighted by atomic mass is 10.0. The molecule has 0 spiro atoms. The van der Waals surface area contributed by atoms with E-state index in [9.17, 15) is 22.8 Å². The first-order chi connectivity index (χ1) is 14.6. The molecule has 1 aliphatic rings. The number of nitrogens with one attached hydrogen (secondary N) is 1. The van der Waals surface area contributed by atoms with Crippen molar-refractivity contribution in [3.05, 3.63) is 46.0 Å². The van der Waals surface area contributed by atoms with E-state index in [0.717, 1.165) is 6.07 Å². The number of rotatable bonds is 9. The minimum absolute atomic E-state index is 0.00111. The molecule has 0 aliphatic heterocycles. The van der Waals surface area contributed by atoms with Gasteiger partial charge in [-0.15, -0.1) is 0 Å². The standard InChI is InChI=1S/C20H18Cl2F3N3O3/c21-11-6-12(17(13(22)7-11)31-9-16(24)25)10-5-14(23)15(28-8-10)1-4-27-19(30)20(2-3-20)18(26)29/h5-8,16H,1-4,9H2,(H2,26,29)(H,27,30). The highest BCUT2D eigenvalue weighted by atomic mass is 35.5. The molecule has 31 heavy (non-hydrogen) atoms. The fraction of sp³-hybridized carbons (Fsp3) is 0.350. The maximum absolute atomic E-state index is 14.6. The van der Waals surface area contributed by atoms with E-state index in [0.29, 0.717) is 12.8 Å². The van der Waals surface area contributed by atoms with E-state index in [4.69, 9.17) is 33.7 Å². The first-order valence-electron chi connectivity index (χ1n) is 9.27. The first kappa shape index (κ1) is 23.1. The third kappa shape index (κ3) is 5.22. The predicted octanol–water partition coefficient (Wildman–Crippen LogP) is 3.76. The summed E-state index contributed by atoms with van der Waals surface area (Å²) in [5.74, 6) is -1.90. The molecule has 166 valence electrons. The summed E-state index contributed by atoms with van der Waals surface area (Å²) < 4.78 is 44.8. The fourth-order valence-corrected chi connectivity index (χ4v) is 3.59. The summed E-state index contributed by atoms with van der Waals surface area (Å²) in [6, 6.07) is 3.88. The molecule has 1 saturated carbocycles. The molecule has 11 heteroatoms. The number of pyridine rings is 1. The second-order valence-electron chi connectivity index (χ2n) is 7.07. The third-order valence-corrected chi connectivity index (χ3v) is 5.39. The molecule has 2 amide bonds. The second-order valence-corrected chi connectivity index (χ2v) is 7.91. The molecule has 2 aromatic rings. The number of hydrogen-bond acceptors (Lipinski definition) is 4. The van der Waals surface area contributed by atoms with Crippen molar-refractivity contribution in [1.29, 1.82) is 0 Å². The Balaban J connectivity index is 1.74. The number of amides is 2. The number of nitrogens with two attached hydrogens (primary N) is 1. The van der Waals surface area contributed by atoms with Crippen molar-refractivity contribution in [1.82, 2.24) is 10.3 Å². The van der Waals surface area contributed by atoms with E-state index in [-0.39, 0.29) is 45.6 Å². The number of alkyl halides is 2. The Bertz CT molecular complexity index is 1020. The van der Waals surface area contributed by atoms with Gasteiger partial charge in [0.05, 0.1) is 10.7 Å². The lowest BCUT2D eigenvalue weighted by Gasteiger charge is -2.15. The number of halogens is 5. The topological polar surface area (TPSA) is 94.3 Å². The van der Waals surface area contributed by atoms with Crippen LogP contribution in [0.5, 0.6) is 5.75 Å². The van der Waals surface area contributed by atoms with Gasteiger partial charge < -0.3 is 15.8 Å². The SMILES string of the molecule is NC(=O)C1(C(=O)NCCc2ncc(-c3cc(Cl)cc(Cl)c3OCC(F)F)cc2F)CC1. The van der Waals surface area contributed by atoms with Crippen LogP contribution in [0.25, 0.3) is 11.1 Å². The number of nitrogens with zero attached hydrogens (tertiary/aromatic N) is 1. The van der Waals surface area contributed by atoms with Crippen molar-refractivity contribution in [3.63, 3.8) is 0 Å². The van der Waals surface area contributed by atoms with Gasteiger partial charge in [0.15, 0.2) is 0 Å². The summed E-state index contributed by atoms with van der Waals surface area (Å²) in [5.41, 5.74) is 4.59. The van der Waals surface area contributed by atoms with Crippen LogP contribution in [-0.4, -0.2) is 36.4 Å². The largest absolute Gasteiger partial charge is 0.485 e. The van der Waals surface area contributed by atoms with Gasteiger partial charge in [0.2, 0.25) is 11.8 Å². The summed E-state index contributed by atoms with van der Waals surface area (Å²) in [6.07, 6.45) is -0.543. The molecule has 1 aromatic heterocycles. The number of carbonyl (C=O) groups is 2. The molecule has 6 nitrogen and oxygen atoms in total. The molecular formula is C20H18Cl2F3N3O3. The Labute approximate surface area is 185 Å². The van der Waals surface area contributed by atoms with E-state index in [1.807, 2.05) is 0 Å². The van der Waals surface area contributed by atoms with Gasteiger partial charge in [-0.3, -0.25) is 14.6 Å². The van der Waals surface area contributed by atoms with Crippen LogP contribution in [-0.2, 0) is 16.0 Å². The Morgan fingerprint density at radius 2 is 1.97 bits per heavy atom. The minimum atomic E-state index is -2.73. The van der Waals surface area contributed by atoms with Gasteiger partial charge in [-0.25, -0.2) is 13.2 Å². The van der Waals surface area contributed by atoms with Gasteiger partial charge in [-0.2, -0.15) is 0 Å². The Morgan fingerprint density at radius 3 is 2.55 bits per heavy atom. The first-order valence-corrected chi connectivity index (χ1v) is 10.0. The number of benzene rings is 1. The summed E-state index contributed by atoms with van der Waals surface area (Å²) >= 11 is 12.1. The highest BCUT2D eigenvalue weighted by Crippen LogP contribution is 2.45. The van der Waals surface area contributed by atoms with Crippen LogP contribution in [0.15, 0.2) is 24.4 Å². The van der Waals surface area contributed by atoms with Crippen LogP contribution in [0, 0.1) is 11.2 Å². The molecule has 1 aliphatic carbocycles. The maximum Gasteiger partial charge on any atom is 0.272 e. The van der Waals surface area contributed by atoms with Crippen LogP contribution in [0.1, 0.15) is 18.5 Å². The van der Waals surface area contributed by atoms with Crippen LogP contribution < -0.4 is 15.8 Å². The van der Waals surface area contributed by atoms with Crippen molar-refractivity contribution < 1.29 is 27.5 Å². The van der Waals surface area contributed by atoms with Crippen molar-refractivity contribution in [2.24, 2.45) is 11.1 Å². The average Bonchev–Trinajstić information content (AvgIpc) is 3.50. The van der Waals surface area contributed by atoms with E-state index in [1.165, 1.54) is 18.3 Å². The monoisotopic (exact) mass is 475 g/mol. The normalized spacial score (nSPS) is 14.4. The zero-order chi connectivity index (χ0) is 22.8. The molecule has 3 N–H and O–H groups in total. The van der Waals surface area contributed by atoms with E-state index < -0.39 is 36.1 Å². The zero-order valence-electron chi connectivity index (χ0n) is 16.1. The van der Waals surface area contributed by atoms with E-state index in [2.05, 4.69) is 10.3 Å². The maximum atomic E-state index is 14.6. The molecule has 0 bridgehead atoms. The van der Waals surface area contributed by atoms with Gasteiger partial charge in [0.25, 0.3) is 6.43 Å². The molecule has 1 heterocycles. The highest BCUT2D eigenvalue weighted by molar-refractivity contribution is 6.36. The number of ether oxygens (including phenoxy) is 1. The molecule has 0 unspecified atom stereocenters. The number of carbonyl (C=O) groups excluding carboxylic acids is 2. The number of primary amides is 1. The molecule has 1 fully saturated rings. The van der Waals surface area contributed by atoms with E-state index in [1.54, 1.807) is 0 Å². The molecule has 1 aromatic carbocycles. The van der Waals surface area contributed by atoms with Gasteiger partial charge in [-0.1, -0.05) is 23.2 Å². The van der Waals surface area contributed by atoms with Crippen LogP contribution in [0.3, 0.4) is 0 Å². The van der Waals surface area contributed by atoms with Crippen LogP contribution >= 0.6 is 23.2 Å². The van der Waals surface area contributed by atoms with Crippen LogP contribution in [0.2, 0.25) is 10.0 Å². The minimum Gasteiger partial charge on any atom is -0.485 e. The summed E-state index contributed by atoms with van der Waals surface area (Å²) in [4.78, 5) is 27.5. The zero-order valence-corrected chi connectivity index (χ0v) is 17.6. The lowest BCUT2D eigenvalue weighted by molar-refractivity contribution is -0.135. The van der Waals surface area contributed by atoms with Gasteiger partial charge in [0, 0.05) is 35.3 Å². The lowest BCUT2D eigenvalue weighted by Crippen LogP contribution is -2.41. The average molecular weight is 476 g/mol. The summed E-state index contributed by atoms with van der Waals surface area (Å²) in [7, 11) is 0. The second kappa shape index (κ2) is 9.32. The van der Waals surface area contributed by atoms with Crippen molar-refractivity contribution in [3.8, 4) is 16.9 Å². The molecule has 0 radical (unpaired) electrons. The Hall–Kier alpha value is -2.52. The van der Waals surface area contributed by atoms with Crippen molar-refractivity contribution in [2.75, 3.05) is 13.2 Å². The molecular weight excluding hydrogens is 458 g/mol. The molecule has 3 rings (SSSR count). The van der Waals surface area contributed by atoms with Crippen molar-refractivity contribution in [2.45, 2.75) is 25.7 Å². The molecule has 0 atom stereocenters. The number of hydrogen-bond donors (Lipinski definition) is 2. The Morgan fingerprint density at radius 1 is 1.26 bits per heavy atom. The van der Waals surface area contributed by atoms with Gasteiger partial charge >= 0.3 is 0 Å². The van der Waals surface area contributed by atoms with Gasteiger partial charge in [-0.05, 0) is 31.0 Å². The highest BCUT2D eigenvalue weighted by Gasteiger charge is 2.55. The fourth-order valence-electron chi connectivity index (χ4n) is 3.04. The third-order valence-electron chi connectivity index (χ3n) is 4.89. The van der Waals surface area contributed by atoms with Crippen molar-refractivity contribution >= 4 is 35.0 Å². The number of aromatic nitrogens is 1. The van der Waals surface area contributed by atoms with E-state index >= 15 is 0 Å². The molecule has 0 saturated heterocycles. The predicted molar refractivity (Wildman–Crippen MR) is 109 cm³/mol. The van der Waals surface area contributed by atoms with Gasteiger partial charge in [0.1, 0.15) is 23.6 Å². The summed E-state index contributed by atoms with van der Waals surface area (Å²) in [5, 5.41) is 2.78. The smallest absolute Gasteiger partial charge is 0.272 e. The Kier molecular flexibility index (Phi) is 6.96. The quantitative estimate of drug-likeness (QED) is 0.539. The summed E-state index contributed by atoms with van der Waals surface area (Å²) in [6.45, 7) is -0.836.